The van der Waals surface area contributed by atoms with Gasteiger partial charge in [-0.2, -0.15) is 0 Å². The second-order valence-electron chi connectivity index (χ2n) is 5.50. The SMILES string of the molecule is NCC1(C(=O)N2CCCCC2CCO)CCC1. The number of aliphatic hydroxyl groups excluding tert-OH is 1. The van der Waals surface area contributed by atoms with E-state index in [4.69, 9.17) is 10.8 Å². The Morgan fingerprint density at radius 2 is 2.12 bits per heavy atom. The fraction of sp³-hybridized carbons (Fsp3) is 0.923. The van der Waals surface area contributed by atoms with Gasteiger partial charge >= 0.3 is 0 Å². The van der Waals surface area contributed by atoms with E-state index >= 15 is 0 Å². The maximum atomic E-state index is 12.6. The standard InChI is InChI=1S/C13H24N2O2/c14-10-13(6-3-7-13)12(17)15-8-2-1-4-11(15)5-9-16/h11,16H,1-10,14H2. The number of carbonyl (C=O) groups is 1. The van der Waals surface area contributed by atoms with E-state index in [0.717, 1.165) is 38.6 Å². The first kappa shape index (κ1) is 12.8. The molecule has 4 nitrogen and oxygen atoms in total. The Kier molecular flexibility index (Phi) is 4.05. The molecule has 2 aliphatic rings. The minimum absolute atomic E-state index is 0.171. The third kappa shape index (κ3) is 2.33. The van der Waals surface area contributed by atoms with E-state index in [0.29, 0.717) is 13.0 Å². The molecule has 4 heteroatoms. The number of nitrogens with two attached hydrogens (primary N) is 1. The van der Waals surface area contributed by atoms with Crippen LogP contribution in [0.4, 0.5) is 0 Å². The third-order valence-corrected chi connectivity index (χ3v) is 4.51. The van der Waals surface area contributed by atoms with E-state index in [9.17, 15) is 4.79 Å². The van der Waals surface area contributed by atoms with Gasteiger partial charge in [-0.05, 0) is 38.5 Å². The van der Waals surface area contributed by atoms with E-state index < -0.39 is 0 Å². The molecule has 0 spiro atoms. The first-order chi connectivity index (χ1) is 8.23. The minimum atomic E-state index is -0.259. The molecule has 0 aromatic rings. The van der Waals surface area contributed by atoms with Crippen LogP contribution in [0.15, 0.2) is 0 Å². The summed E-state index contributed by atoms with van der Waals surface area (Å²) in [4.78, 5) is 14.6. The van der Waals surface area contributed by atoms with Crippen LogP contribution in [-0.4, -0.2) is 41.7 Å². The van der Waals surface area contributed by atoms with Gasteiger partial charge < -0.3 is 15.7 Å². The van der Waals surface area contributed by atoms with Crippen molar-refractivity contribution >= 4 is 5.91 Å². The summed E-state index contributed by atoms with van der Waals surface area (Å²) in [6, 6.07) is 0.241. The molecule has 2 fully saturated rings. The zero-order chi connectivity index (χ0) is 12.3. The van der Waals surface area contributed by atoms with Crippen LogP contribution in [0.3, 0.4) is 0 Å². The molecule has 0 bridgehead atoms. The van der Waals surface area contributed by atoms with Gasteiger partial charge in [0.15, 0.2) is 0 Å². The van der Waals surface area contributed by atoms with Crippen molar-refractivity contribution in [3.05, 3.63) is 0 Å². The van der Waals surface area contributed by atoms with Gasteiger partial charge in [-0.1, -0.05) is 6.42 Å². The van der Waals surface area contributed by atoms with Crippen LogP contribution in [-0.2, 0) is 4.79 Å². The number of piperidine rings is 1. The van der Waals surface area contributed by atoms with Crippen molar-refractivity contribution in [2.45, 2.75) is 51.0 Å². The highest BCUT2D eigenvalue weighted by molar-refractivity contribution is 5.84. The molecule has 17 heavy (non-hydrogen) atoms. The molecular formula is C13H24N2O2. The summed E-state index contributed by atoms with van der Waals surface area (Å²) in [5.74, 6) is 0.254. The summed E-state index contributed by atoms with van der Waals surface area (Å²) < 4.78 is 0. The van der Waals surface area contributed by atoms with Crippen LogP contribution in [0, 0.1) is 5.41 Å². The second-order valence-corrected chi connectivity index (χ2v) is 5.50. The van der Waals surface area contributed by atoms with Crippen molar-refractivity contribution in [1.82, 2.24) is 4.90 Å². The van der Waals surface area contributed by atoms with Gasteiger partial charge in [-0.25, -0.2) is 0 Å². The number of hydrogen-bond acceptors (Lipinski definition) is 3. The van der Waals surface area contributed by atoms with Crippen LogP contribution in [0.5, 0.6) is 0 Å². The average Bonchev–Trinajstić information content (AvgIpc) is 2.29. The lowest BCUT2D eigenvalue weighted by molar-refractivity contribution is -0.151. The van der Waals surface area contributed by atoms with Gasteiger partial charge in [0.1, 0.15) is 0 Å². The summed E-state index contributed by atoms with van der Waals surface area (Å²) in [7, 11) is 0. The zero-order valence-electron chi connectivity index (χ0n) is 10.5. The summed E-state index contributed by atoms with van der Waals surface area (Å²) in [5, 5.41) is 9.09. The highest BCUT2D eigenvalue weighted by Crippen LogP contribution is 2.42. The van der Waals surface area contributed by atoms with Crippen LogP contribution >= 0.6 is 0 Å². The Labute approximate surface area is 103 Å². The third-order valence-electron chi connectivity index (χ3n) is 4.51. The quantitative estimate of drug-likeness (QED) is 0.766. The van der Waals surface area contributed by atoms with Crippen LogP contribution in [0.1, 0.15) is 44.9 Å². The number of aliphatic hydroxyl groups is 1. The first-order valence-electron chi connectivity index (χ1n) is 6.85. The van der Waals surface area contributed by atoms with Crippen LogP contribution in [0.25, 0.3) is 0 Å². The number of hydrogen-bond donors (Lipinski definition) is 2. The Hall–Kier alpha value is -0.610. The fourth-order valence-electron chi connectivity index (χ4n) is 3.13. The number of amides is 1. The molecule has 0 radical (unpaired) electrons. The summed E-state index contributed by atoms with van der Waals surface area (Å²) in [6.45, 7) is 1.50. The summed E-state index contributed by atoms with van der Waals surface area (Å²) in [5.41, 5.74) is 5.54. The van der Waals surface area contributed by atoms with Crippen molar-refractivity contribution in [1.29, 1.82) is 0 Å². The zero-order valence-corrected chi connectivity index (χ0v) is 10.5. The summed E-state index contributed by atoms with van der Waals surface area (Å²) >= 11 is 0. The normalized spacial score (nSPS) is 27.6. The molecule has 1 saturated carbocycles. The van der Waals surface area contributed by atoms with E-state index in [-0.39, 0.29) is 24.0 Å². The maximum absolute atomic E-state index is 12.6. The smallest absolute Gasteiger partial charge is 0.230 e. The Morgan fingerprint density at radius 3 is 2.65 bits per heavy atom. The van der Waals surface area contributed by atoms with Crippen molar-refractivity contribution in [2.75, 3.05) is 19.7 Å². The number of rotatable bonds is 4. The first-order valence-corrected chi connectivity index (χ1v) is 6.85. The Morgan fingerprint density at radius 1 is 1.35 bits per heavy atom. The Balaban J connectivity index is 2.05. The highest BCUT2D eigenvalue weighted by Gasteiger charge is 2.46. The minimum Gasteiger partial charge on any atom is -0.396 e. The van der Waals surface area contributed by atoms with Crippen LogP contribution < -0.4 is 5.73 Å². The predicted molar refractivity (Wildman–Crippen MR) is 66.4 cm³/mol. The average molecular weight is 240 g/mol. The van der Waals surface area contributed by atoms with Gasteiger partial charge in [0, 0.05) is 25.7 Å². The lowest BCUT2D eigenvalue weighted by Gasteiger charge is -2.46. The number of likely N-dealkylation sites (tertiary alicyclic amines) is 1. The molecule has 2 rings (SSSR count). The van der Waals surface area contributed by atoms with Gasteiger partial charge in [0.2, 0.25) is 5.91 Å². The monoisotopic (exact) mass is 240 g/mol. The van der Waals surface area contributed by atoms with E-state index in [1.165, 1.54) is 6.42 Å². The number of carbonyl (C=O) groups excluding carboxylic acids is 1. The van der Waals surface area contributed by atoms with Crippen LogP contribution in [0.2, 0.25) is 0 Å². The molecule has 1 unspecified atom stereocenters. The van der Waals surface area contributed by atoms with Crippen molar-refractivity contribution in [2.24, 2.45) is 11.1 Å². The molecule has 0 aromatic heterocycles. The maximum Gasteiger partial charge on any atom is 0.230 e. The second kappa shape index (κ2) is 5.36. The molecular weight excluding hydrogens is 216 g/mol. The summed E-state index contributed by atoms with van der Waals surface area (Å²) in [6.07, 6.45) is 7.04. The van der Waals surface area contributed by atoms with Gasteiger partial charge in [0.05, 0.1) is 5.41 Å². The predicted octanol–water partition coefficient (Wildman–Crippen LogP) is 0.879. The fourth-order valence-corrected chi connectivity index (χ4v) is 3.13. The topological polar surface area (TPSA) is 66.6 Å². The van der Waals surface area contributed by atoms with Gasteiger partial charge in [0.25, 0.3) is 0 Å². The van der Waals surface area contributed by atoms with Gasteiger partial charge in [-0.3, -0.25) is 4.79 Å². The Bertz CT molecular complexity index is 269. The van der Waals surface area contributed by atoms with E-state index in [1.807, 2.05) is 4.90 Å². The molecule has 1 aliphatic carbocycles. The molecule has 1 saturated heterocycles. The molecule has 1 amide bonds. The van der Waals surface area contributed by atoms with Crippen molar-refractivity contribution in [3.8, 4) is 0 Å². The highest BCUT2D eigenvalue weighted by atomic mass is 16.3. The molecule has 1 heterocycles. The van der Waals surface area contributed by atoms with Crippen molar-refractivity contribution in [3.63, 3.8) is 0 Å². The van der Waals surface area contributed by atoms with Gasteiger partial charge in [-0.15, -0.1) is 0 Å². The number of nitrogens with zero attached hydrogens (tertiary/aromatic N) is 1. The van der Waals surface area contributed by atoms with E-state index in [1.54, 1.807) is 0 Å². The molecule has 98 valence electrons. The molecule has 3 N–H and O–H groups in total. The molecule has 1 atom stereocenters. The van der Waals surface area contributed by atoms with E-state index in [2.05, 4.69) is 0 Å². The van der Waals surface area contributed by atoms with Crippen molar-refractivity contribution < 1.29 is 9.90 Å². The largest absolute Gasteiger partial charge is 0.396 e. The lowest BCUT2D eigenvalue weighted by Crippen LogP contribution is -2.56. The lowest BCUT2D eigenvalue weighted by atomic mass is 9.67. The molecule has 0 aromatic carbocycles. The molecule has 1 aliphatic heterocycles.